The summed E-state index contributed by atoms with van der Waals surface area (Å²) in [4.78, 5) is 13.6. The lowest BCUT2D eigenvalue weighted by atomic mass is 9.85. The summed E-state index contributed by atoms with van der Waals surface area (Å²) in [7, 11) is 1.98. The van der Waals surface area contributed by atoms with Crippen molar-refractivity contribution in [1.82, 2.24) is 0 Å². The zero-order valence-corrected chi connectivity index (χ0v) is 11.1. The quantitative estimate of drug-likeness (QED) is 0.889. The fraction of sp³-hybridized carbons (Fsp3) is 0.533. The van der Waals surface area contributed by atoms with Crippen LogP contribution in [0.5, 0.6) is 0 Å². The van der Waals surface area contributed by atoms with E-state index in [2.05, 4.69) is 24.0 Å². The minimum atomic E-state index is -0.639. The molecule has 0 spiro atoms. The Balaban J connectivity index is 2.15. The van der Waals surface area contributed by atoms with Gasteiger partial charge in [-0.25, -0.2) is 0 Å². The van der Waals surface area contributed by atoms with E-state index in [-0.39, 0.29) is 0 Å². The molecule has 2 rings (SSSR count). The Bertz CT molecular complexity index is 436. The molecule has 1 saturated carbocycles. The maximum atomic E-state index is 11.5. The SMILES string of the molecule is Cc1cccc(N(C)CC2(C(=O)O)CCCC2)c1. The van der Waals surface area contributed by atoms with Crippen molar-refractivity contribution in [3.63, 3.8) is 0 Å². The second-order valence-corrected chi connectivity index (χ2v) is 5.49. The van der Waals surface area contributed by atoms with E-state index in [9.17, 15) is 9.90 Å². The van der Waals surface area contributed by atoms with Crippen LogP contribution in [0.4, 0.5) is 5.69 Å². The second kappa shape index (κ2) is 5.01. The van der Waals surface area contributed by atoms with E-state index in [1.54, 1.807) is 0 Å². The summed E-state index contributed by atoms with van der Waals surface area (Å²) in [6, 6.07) is 8.21. The van der Waals surface area contributed by atoms with Gasteiger partial charge in [-0.15, -0.1) is 0 Å². The largest absolute Gasteiger partial charge is 0.481 e. The molecule has 0 aliphatic heterocycles. The van der Waals surface area contributed by atoms with Gasteiger partial charge in [-0.3, -0.25) is 4.79 Å². The molecule has 1 aliphatic rings. The van der Waals surface area contributed by atoms with Gasteiger partial charge >= 0.3 is 5.97 Å². The molecule has 1 N–H and O–H groups in total. The highest BCUT2D eigenvalue weighted by Gasteiger charge is 2.42. The first-order valence-corrected chi connectivity index (χ1v) is 6.55. The van der Waals surface area contributed by atoms with Gasteiger partial charge in [0.2, 0.25) is 0 Å². The van der Waals surface area contributed by atoms with Crippen LogP contribution in [0.15, 0.2) is 24.3 Å². The lowest BCUT2D eigenvalue weighted by Gasteiger charge is -2.31. The number of carbonyl (C=O) groups is 1. The molecule has 3 nitrogen and oxygen atoms in total. The molecule has 1 fully saturated rings. The van der Waals surface area contributed by atoms with Gasteiger partial charge in [-0.2, -0.15) is 0 Å². The first kappa shape index (κ1) is 12.9. The zero-order chi connectivity index (χ0) is 13.2. The van der Waals surface area contributed by atoms with E-state index >= 15 is 0 Å². The number of anilines is 1. The van der Waals surface area contributed by atoms with Crippen LogP contribution < -0.4 is 4.90 Å². The molecule has 0 atom stereocenters. The fourth-order valence-electron chi connectivity index (χ4n) is 2.90. The molecule has 1 aromatic carbocycles. The van der Waals surface area contributed by atoms with E-state index in [0.29, 0.717) is 6.54 Å². The molecular formula is C15H21NO2. The van der Waals surface area contributed by atoms with Crippen molar-refractivity contribution in [2.75, 3.05) is 18.5 Å². The van der Waals surface area contributed by atoms with Gasteiger partial charge in [0.05, 0.1) is 5.41 Å². The van der Waals surface area contributed by atoms with Crippen molar-refractivity contribution in [3.05, 3.63) is 29.8 Å². The molecule has 0 unspecified atom stereocenters. The summed E-state index contributed by atoms with van der Waals surface area (Å²) in [5, 5.41) is 9.49. The number of aliphatic carboxylic acids is 1. The Morgan fingerprint density at radius 1 is 1.39 bits per heavy atom. The zero-order valence-electron chi connectivity index (χ0n) is 11.1. The van der Waals surface area contributed by atoms with Crippen LogP contribution in [0.1, 0.15) is 31.2 Å². The smallest absolute Gasteiger partial charge is 0.311 e. The highest BCUT2D eigenvalue weighted by molar-refractivity contribution is 5.76. The maximum absolute atomic E-state index is 11.5. The van der Waals surface area contributed by atoms with E-state index in [1.807, 2.05) is 19.2 Å². The molecule has 0 saturated heterocycles. The van der Waals surface area contributed by atoms with E-state index < -0.39 is 11.4 Å². The van der Waals surface area contributed by atoms with Crippen molar-refractivity contribution in [3.8, 4) is 0 Å². The number of nitrogens with zero attached hydrogens (tertiary/aromatic N) is 1. The van der Waals surface area contributed by atoms with Crippen LogP contribution in [-0.4, -0.2) is 24.7 Å². The highest BCUT2D eigenvalue weighted by Crippen LogP contribution is 2.39. The Morgan fingerprint density at radius 2 is 2.06 bits per heavy atom. The third-order valence-electron chi connectivity index (χ3n) is 4.00. The fourth-order valence-corrected chi connectivity index (χ4v) is 2.90. The van der Waals surface area contributed by atoms with Gasteiger partial charge < -0.3 is 10.0 Å². The Labute approximate surface area is 108 Å². The number of benzene rings is 1. The molecule has 1 aromatic rings. The van der Waals surface area contributed by atoms with Crippen molar-refractivity contribution < 1.29 is 9.90 Å². The predicted octanol–water partition coefficient (Wildman–Crippen LogP) is 3.08. The summed E-state index contributed by atoms with van der Waals surface area (Å²) in [5.74, 6) is -0.639. The van der Waals surface area contributed by atoms with E-state index in [0.717, 1.165) is 31.4 Å². The van der Waals surface area contributed by atoms with Gasteiger partial charge in [0.25, 0.3) is 0 Å². The maximum Gasteiger partial charge on any atom is 0.311 e. The predicted molar refractivity (Wildman–Crippen MR) is 73.0 cm³/mol. The number of hydrogen-bond donors (Lipinski definition) is 1. The number of carboxylic acid groups (broad SMARTS) is 1. The minimum Gasteiger partial charge on any atom is -0.481 e. The van der Waals surface area contributed by atoms with Gasteiger partial charge in [0.1, 0.15) is 0 Å². The molecule has 3 heteroatoms. The van der Waals surface area contributed by atoms with Crippen molar-refractivity contribution in [2.24, 2.45) is 5.41 Å². The lowest BCUT2D eigenvalue weighted by molar-refractivity contribution is -0.148. The van der Waals surface area contributed by atoms with Gasteiger partial charge in [0, 0.05) is 19.3 Å². The Kier molecular flexibility index (Phi) is 3.60. The molecule has 0 amide bonds. The van der Waals surface area contributed by atoms with Crippen molar-refractivity contribution >= 4 is 11.7 Å². The van der Waals surface area contributed by atoms with Crippen LogP contribution in [0.2, 0.25) is 0 Å². The first-order chi connectivity index (χ1) is 8.53. The van der Waals surface area contributed by atoms with Gasteiger partial charge in [-0.1, -0.05) is 25.0 Å². The summed E-state index contributed by atoms with van der Waals surface area (Å²) >= 11 is 0. The highest BCUT2D eigenvalue weighted by atomic mass is 16.4. The number of aryl methyl sites for hydroxylation is 1. The van der Waals surface area contributed by atoms with Crippen LogP contribution >= 0.6 is 0 Å². The first-order valence-electron chi connectivity index (χ1n) is 6.55. The summed E-state index contributed by atoms with van der Waals surface area (Å²) < 4.78 is 0. The van der Waals surface area contributed by atoms with Crippen LogP contribution in [-0.2, 0) is 4.79 Å². The van der Waals surface area contributed by atoms with Crippen LogP contribution in [0, 0.1) is 12.3 Å². The minimum absolute atomic E-state index is 0.543. The Morgan fingerprint density at radius 3 is 2.61 bits per heavy atom. The monoisotopic (exact) mass is 247 g/mol. The molecule has 1 aliphatic carbocycles. The van der Waals surface area contributed by atoms with Gasteiger partial charge in [0.15, 0.2) is 0 Å². The molecule has 0 bridgehead atoms. The third-order valence-corrected chi connectivity index (χ3v) is 4.00. The molecule has 0 aromatic heterocycles. The summed E-state index contributed by atoms with van der Waals surface area (Å²) in [6.07, 6.45) is 3.68. The second-order valence-electron chi connectivity index (χ2n) is 5.49. The van der Waals surface area contributed by atoms with E-state index in [1.165, 1.54) is 5.56 Å². The van der Waals surface area contributed by atoms with Crippen LogP contribution in [0.25, 0.3) is 0 Å². The van der Waals surface area contributed by atoms with Crippen molar-refractivity contribution in [1.29, 1.82) is 0 Å². The molecule has 18 heavy (non-hydrogen) atoms. The molecular weight excluding hydrogens is 226 g/mol. The third kappa shape index (κ3) is 2.50. The molecule has 0 heterocycles. The number of carboxylic acids is 1. The average molecular weight is 247 g/mol. The number of rotatable bonds is 4. The standard InChI is InChI=1S/C15H21NO2/c1-12-6-5-7-13(10-12)16(2)11-15(14(17)18)8-3-4-9-15/h5-7,10H,3-4,8-9,11H2,1-2H3,(H,17,18). The average Bonchev–Trinajstić information content (AvgIpc) is 2.79. The normalized spacial score (nSPS) is 17.7. The Hall–Kier alpha value is -1.51. The topological polar surface area (TPSA) is 40.5 Å². The molecule has 98 valence electrons. The summed E-state index contributed by atoms with van der Waals surface area (Å²) in [5.41, 5.74) is 1.76. The van der Waals surface area contributed by atoms with Gasteiger partial charge in [-0.05, 0) is 37.5 Å². The summed E-state index contributed by atoms with van der Waals surface area (Å²) in [6.45, 7) is 2.66. The van der Waals surface area contributed by atoms with Crippen LogP contribution in [0.3, 0.4) is 0 Å². The van der Waals surface area contributed by atoms with Crippen molar-refractivity contribution in [2.45, 2.75) is 32.6 Å². The molecule has 0 radical (unpaired) electrons. The van der Waals surface area contributed by atoms with E-state index in [4.69, 9.17) is 0 Å². The number of hydrogen-bond acceptors (Lipinski definition) is 2. The lowest BCUT2D eigenvalue weighted by Crippen LogP contribution is -2.39.